The van der Waals surface area contributed by atoms with Crippen molar-refractivity contribution in [2.45, 2.75) is 9.79 Å². The van der Waals surface area contributed by atoms with Crippen molar-refractivity contribution in [2.24, 2.45) is 5.10 Å². The van der Waals surface area contributed by atoms with Gasteiger partial charge in [0.25, 0.3) is 5.69 Å². The summed E-state index contributed by atoms with van der Waals surface area (Å²) in [6, 6.07) is 24.7. The smallest absolute Gasteiger partial charge is 0.258 e. The summed E-state index contributed by atoms with van der Waals surface area (Å²) < 4.78 is 0. The highest BCUT2D eigenvalue weighted by Gasteiger charge is 2.05. The number of anilines is 1. The number of rotatable bonds is 7. The van der Waals surface area contributed by atoms with Gasteiger partial charge in [-0.3, -0.25) is 15.5 Å². The van der Waals surface area contributed by atoms with E-state index < -0.39 is 4.92 Å². The van der Waals surface area contributed by atoms with Crippen molar-refractivity contribution in [3.63, 3.8) is 0 Å². The van der Waals surface area contributed by atoms with Gasteiger partial charge >= 0.3 is 0 Å². The summed E-state index contributed by atoms with van der Waals surface area (Å²) in [5, 5.41) is 17.5. The first-order valence-electron chi connectivity index (χ1n) is 9.00. The summed E-state index contributed by atoms with van der Waals surface area (Å²) in [4.78, 5) is 17.2. The van der Waals surface area contributed by atoms with Crippen LogP contribution in [-0.4, -0.2) is 16.1 Å². The number of nitrogens with zero attached hydrogens (tertiary/aromatic N) is 3. The molecule has 1 N–H and O–H groups in total. The zero-order valence-corrected chi connectivity index (χ0v) is 17.3. The molecular formula is C22H16N4O2S2. The third-order valence-corrected chi connectivity index (χ3v) is 5.87. The lowest BCUT2D eigenvalue weighted by atomic mass is 10.2. The fourth-order valence-electron chi connectivity index (χ4n) is 2.62. The number of benzene rings is 3. The van der Waals surface area contributed by atoms with E-state index in [0.29, 0.717) is 5.13 Å². The highest BCUT2D eigenvalue weighted by Crippen LogP contribution is 2.30. The van der Waals surface area contributed by atoms with Crippen LogP contribution in [0.15, 0.2) is 99.1 Å². The topological polar surface area (TPSA) is 80.4 Å². The van der Waals surface area contributed by atoms with E-state index >= 15 is 0 Å². The number of nitro groups is 1. The van der Waals surface area contributed by atoms with E-state index in [1.165, 1.54) is 33.3 Å². The Balaban J connectivity index is 1.37. The molecule has 0 saturated heterocycles. The molecule has 4 aromatic rings. The number of nitrogens with one attached hydrogen (secondary N) is 1. The molecule has 1 aromatic heterocycles. The van der Waals surface area contributed by atoms with Crippen LogP contribution in [0.2, 0.25) is 0 Å². The van der Waals surface area contributed by atoms with Crippen molar-refractivity contribution in [2.75, 3.05) is 5.43 Å². The molecule has 0 aliphatic rings. The minimum Gasteiger partial charge on any atom is -0.258 e. The molecule has 0 saturated carbocycles. The number of aromatic nitrogens is 1. The molecule has 0 fully saturated rings. The molecule has 0 aliphatic carbocycles. The third-order valence-electron chi connectivity index (χ3n) is 4.11. The minimum atomic E-state index is -0.427. The number of thiazole rings is 1. The van der Waals surface area contributed by atoms with E-state index in [2.05, 4.69) is 51.9 Å². The van der Waals surface area contributed by atoms with Crippen molar-refractivity contribution in [1.82, 2.24) is 4.98 Å². The van der Waals surface area contributed by atoms with E-state index in [1.807, 2.05) is 23.6 Å². The maximum atomic E-state index is 10.7. The molecule has 30 heavy (non-hydrogen) atoms. The van der Waals surface area contributed by atoms with Gasteiger partial charge in [0.05, 0.1) is 16.8 Å². The van der Waals surface area contributed by atoms with Crippen molar-refractivity contribution < 1.29 is 4.92 Å². The average Bonchev–Trinajstić information content (AvgIpc) is 3.24. The maximum Gasteiger partial charge on any atom is 0.269 e. The highest BCUT2D eigenvalue weighted by atomic mass is 32.2. The number of hydrogen-bond donors (Lipinski definition) is 1. The average molecular weight is 433 g/mol. The van der Waals surface area contributed by atoms with E-state index in [1.54, 1.807) is 30.1 Å². The number of hydrazone groups is 1. The van der Waals surface area contributed by atoms with Crippen LogP contribution in [0.25, 0.3) is 11.3 Å². The monoisotopic (exact) mass is 432 g/mol. The van der Waals surface area contributed by atoms with Crippen molar-refractivity contribution in [1.29, 1.82) is 0 Å². The molecule has 0 amide bonds. The lowest BCUT2D eigenvalue weighted by molar-refractivity contribution is -0.384. The zero-order valence-electron chi connectivity index (χ0n) is 15.6. The fraction of sp³-hybridized carbons (Fsp3) is 0. The summed E-state index contributed by atoms with van der Waals surface area (Å²) in [6.07, 6.45) is 1.60. The van der Waals surface area contributed by atoms with E-state index in [9.17, 15) is 10.1 Å². The summed E-state index contributed by atoms with van der Waals surface area (Å²) in [5.41, 5.74) is 5.63. The van der Waals surface area contributed by atoms with Crippen LogP contribution in [0.3, 0.4) is 0 Å². The second-order valence-corrected chi connectivity index (χ2v) is 8.20. The van der Waals surface area contributed by atoms with Crippen LogP contribution in [0, 0.1) is 10.1 Å². The zero-order chi connectivity index (χ0) is 20.8. The van der Waals surface area contributed by atoms with Gasteiger partial charge in [-0.05, 0) is 42.0 Å². The molecule has 0 spiro atoms. The molecule has 0 atom stereocenters. The number of non-ortho nitro benzene ring substituents is 1. The lowest BCUT2D eigenvalue weighted by Crippen LogP contribution is -1.91. The first-order chi connectivity index (χ1) is 14.7. The second-order valence-electron chi connectivity index (χ2n) is 6.20. The largest absolute Gasteiger partial charge is 0.269 e. The first-order valence-corrected chi connectivity index (χ1v) is 10.7. The molecule has 8 heteroatoms. The third kappa shape index (κ3) is 5.11. The van der Waals surface area contributed by atoms with E-state index in [4.69, 9.17) is 0 Å². The molecular weight excluding hydrogens is 416 g/mol. The Morgan fingerprint density at radius 2 is 1.67 bits per heavy atom. The van der Waals surface area contributed by atoms with Crippen LogP contribution in [-0.2, 0) is 0 Å². The van der Waals surface area contributed by atoms with Gasteiger partial charge in [-0.1, -0.05) is 42.1 Å². The summed E-state index contributed by atoms with van der Waals surface area (Å²) >= 11 is 3.18. The van der Waals surface area contributed by atoms with Gasteiger partial charge in [-0.25, -0.2) is 4.98 Å². The first kappa shape index (κ1) is 19.8. The molecule has 0 aliphatic heterocycles. The van der Waals surface area contributed by atoms with Crippen molar-refractivity contribution in [3.05, 3.63) is 99.9 Å². The van der Waals surface area contributed by atoms with Gasteiger partial charge < -0.3 is 0 Å². The molecule has 0 bridgehead atoms. The molecule has 4 rings (SSSR count). The summed E-state index contributed by atoms with van der Waals surface area (Å²) in [6.45, 7) is 0. The van der Waals surface area contributed by atoms with E-state index in [0.717, 1.165) is 16.8 Å². The van der Waals surface area contributed by atoms with Crippen LogP contribution >= 0.6 is 23.1 Å². The highest BCUT2D eigenvalue weighted by molar-refractivity contribution is 7.99. The van der Waals surface area contributed by atoms with Crippen LogP contribution in [0.1, 0.15) is 5.56 Å². The van der Waals surface area contributed by atoms with Crippen LogP contribution < -0.4 is 5.43 Å². The quantitative estimate of drug-likeness (QED) is 0.210. The van der Waals surface area contributed by atoms with Gasteiger partial charge in [-0.15, -0.1) is 11.3 Å². The van der Waals surface area contributed by atoms with Crippen molar-refractivity contribution in [3.8, 4) is 11.3 Å². The van der Waals surface area contributed by atoms with Crippen LogP contribution in [0.5, 0.6) is 0 Å². The second kappa shape index (κ2) is 9.34. The summed E-state index contributed by atoms with van der Waals surface area (Å²) in [5.74, 6) is 0. The number of hydrogen-bond acceptors (Lipinski definition) is 7. The van der Waals surface area contributed by atoms with Gasteiger partial charge in [0.2, 0.25) is 5.13 Å². The fourth-order valence-corrected chi connectivity index (χ4v) is 4.13. The molecule has 148 valence electrons. The standard InChI is InChI=1S/C22H16N4O2S2/c27-26(28)18-10-6-16(7-11-18)14-23-25-22-24-21(15-29-22)17-8-12-20(13-9-17)30-19-4-2-1-3-5-19/h1-15H,(H,24,25)/b23-14+. The predicted octanol–water partition coefficient (Wildman–Crippen LogP) is 6.32. The maximum absolute atomic E-state index is 10.7. The van der Waals surface area contributed by atoms with Gasteiger partial charge in [0.1, 0.15) is 0 Å². The van der Waals surface area contributed by atoms with Gasteiger partial charge in [-0.2, -0.15) is 5.10 Å². The van der Waals surface area contributed by atoms with Crippen molar-refractivity contribution >= 4 is 40.1 Å². The Morgan fingerprint density at radius 3 is 2.37 bits per heavy atom. The molecule has 3 aromatic carbocycles. The molecule has 1 heterocycles. The predicted molar refractivity (Wildman–Crippen MR) is 122 cm³/mol. The lowest BCUT2D eigenvalue weighted by Gasteiger charge is -2.02. The normalized spacial score (nSPS) is 10.9. The van der Waals surface area contributed by atoms with Gasteiger partial charge in [0, 0.05) is 32.9 Å². The molecule has 6 nitrogen and oxygen atoms in total. The Bertz CT molecular complexity index is 1160. The number of nitro benzene ring substituents is 1. The van der Waals surface area contributed by atoms with Crippen LogP contribution in [0.4, 0.5) is 10.8 Å². The Hall–Kier alpha value is -3.49. The Morgan fingerprint density at radius 1 is 0.967 bits per heavy atom. The molecule has 0 unspecified atom stereocenters. The van der Waals surface area contributed by atoms with E-state index in [-0.39, 0.29) is 5.69 Å². The molecule has 0 radical (unpaired) electrons. The Labute approximate surface area is 181 Å². The summed E-state index contributed by atoms with van der Waals surface area (Å²) in [7, 11) is 0. The minimum absolute atomic E-state index is 0.0536. The van der Waals surface area contributed by atoms with Gasteiger partial charge in [0.15, 0.2) is 0 Å². The Kier molecular flexibility index (Phi) is 6.17. The SMILES string of the molecule is O=[N+]([O-])c1ccc(/C=N/Nc2nc(-c3ccc(Sc4ccccc4)cc3)cs2)cc1.